The number of hydrogen-bond acceptors (Lipinski definition) is 5. The van der Waals surface area contributed by atoms with Gasteiger partial charge in [0, 0.05) is 23.0 Å². The van der Waals surface area contributed by atoms with Crippen molar-refractivity contribution < 1.29 is 9.94 Å². The van der Waals surface area contributed by atoms with Gasteiger partial charge in [-0.3, -0.25) is 4.98 Å². The summed E-state index contributed by atoms with van der Waals surface area (Å²) in [5.41, 5.74) is 8.68. The van der Waals surface area contributed by atoms with E-state index in [1.807, 2.05) is 32.9 Å². The molecule has 2 rings (SSSR count). The molecular weight excluding hydrogens is 268 g/mol. The summed E-state index contributed by atoms with van der Waals surface area (Å²) < 4.78 is 5.81. The monoisotopic (exact) mass is 286 g/mol. The van der Waals surface area contributed by atoms with Crippen LogP contribution in [0.2, 0.25) is 0 Å². The van der Waals surface area contributed by atoms with Crippen molar-refractivity contribution >= 4 is 5.84 Å². The molecule has 0 aliphatic rings. The van der Waals surface area contributed by atoms with Crippen LogP contribution in [0.4, 0.5) is 0 Å². The van der Waals surface area contributed by atoms with Gasteiger partial charge in [-0.15, -0.1) is 0 Å². The Morgan fingerprint density at radius 2 is 2.00 bits per heavy atom. The Hall–Kier alpha value is -2.63. The van der Waals surface area contributed by atoms with Gasteiger partial charge in [0.2, 0.25) is 5.88 Å². The second-order valence-corrected chi connectivity index (χ2v) is 4.67. The Morgan fingerprint density at radius 3 is 2.67 bits per heavy atom. The first kappa shape index (κ1) is 14.8. The molecular formula is C15H18N4O2. The standard InChI is InChI=1S/C15H18N4O2/c1-4-12-13(6-5-9(2)17-12)21-14-8-11(15(16)19-20)7-10(3)18-14/h5-8,20H,4H2,1-3H3,(H2,16,19). The number of nitrogens with two attached hydrogens (primary N) is 1. The third-order valence-electron chi connectivity index (χ3n) is 2.95. The summed E-state index contributed by atoms with van der Waals surface area (Å²) in [5, 5.41) is 11.8. The van der Waals surface area contributed by atoms with Gasteiger partial charge in [0.25, 0.3) is 0 Å². The molecule has 0 fully saturated rings. The molecule has 2 aromatic rings. The van der Waals surface area contributed by atoms with Crippen molar-refractivity contribution in [2.24, 2.45) is 10.9 Å². The van der Waals surface area contributed by atoms with E-state index in [1.165, 1.54) is 0 Å². The van der Waals surface area contributed by atoms with E-state index in [0.717, 1.165) is 17.8 Å². The number of rotatable bonds is 4. The van der Waals surface area contributed by atoms with Crippen LogP contribution in [0.3, 0.4) is 0 Å². The molecule has 21 heavy (non-hydrogen) atoms. The van der Waals surface area contributed by atoms with Crippen molar-refractivity contribution in [1.82, 2.24) is 9.97 Å². The topological polar surface area (TPSA) is 93.6 Å². The number of pyridine rings is 2. The van der Waals surface area contributed by atoms with Gasteiger partial charge in [0.15, 0.2) is 11.6 Å². The minimum absolute atomic E-state index is 0.0168. The first-order valence-corrected chi connectivity index (χ1v) is 6.64. The predicted octanol–water partition coefficient (Wildman–Crippen LogP) is 2.54. The van der Waals surface area contributed by atoms with Gasteiger partial charge < -0.3 is 15.7 Å². The fourth-order valence-electron chi connectivity index (χ4n) is 1.95. The fourth-order valence-corrected chi connectivity index (χ4v) is 1.95. The van der Waals surface area contributed by atoms with Crippen LogP contribution in [0.1, 0.15) is 29.6 Å². The summed E-state index contributed by atoms with van der Waals surface area (Å²) >= 11 is 0. The van der Waals surface area contributed by atoms with E-state index in [4.69, 9.17) is 15.7 Å². The molecule has 3 N–H and O–H groups in total. The molecule has 0 saturated heterocycles. The van der Waals surface area contributed by atoms with Crippen LogP contribution >= 0.6 is 0 Å². The van der Waals surface area contributed by atoms with Gasteiger partial charge in [-0.25, -0.2) is 4.98 Å². The lowest BCUT2D eigenvalue weighted by Gasteiger charge is -2.11. The van der Waals surface area contributed by atoms with Crippen molar-refractivity contribution in [1.29, 1.82) is 0 Å². The predicted molar refractivity (Wildman–Crippen MR) is 79.9 cm³/mol. The van der Waals surface area contributed by atoms with E-state index >= 15 is 0 Å². The molecule has 110 valence electrons. The lowest BCUT2D eigenvalue weighted by atomic mass is 10.2. The summed E-state index contributed by atoms with van der Waals surface area (Å²) in [6, 6.07) is 7.10. The zero-order valence-electron chi connectivity index (χ0n) is 12.3. The molecule has 0 amide bonds. The maximum Gasteiger partial charge on any atom is 0.220 e. The SMILES string of the molecule is CCc1nc(C)ccc1Oc1cc(/C(N)=N/O)cc(C)n1. The number of aryl methyl sites for hydroxylation is 3. The molecule has 0 aromatic carbocycles. The molecule has 2 aromatic heterocycles. The summed E-state index contributed by atoms with van der Waals surface area (Å²) in [5.74, 6) is 1.06. The number of ether oxygens (including phenoxy) is 1. The molecule has 0 aliphatic heterocycles. The van der Waals surface area contributed by atoms with Crippen molar-refractivity contribution in [2.75, 3.05) is 0 Å². The van der Waals surface area contributed by atoms with Crippen LogP contribution < -0.4 is 10.5 Å². The number of nitrogens with zero attached hydrogens (tertiary/aromatic N) is 3. The zero-order chi connectivity index (χ0) is 15.4. The average molecular weight is 286 g/mol. The van der Waals surface area contributed by atoms with Crippen molar-refractivity contribution in [3.8, 4) is 11.6 Å². The smallest absolute Gasteiger partial charge is 0.220 e. The van der Waals surface area contributed by atoms with Crippen LogP contribution in [0.5, 0.6) is 11.6 Å². The summed E-state index contributed by atoms with van der Waals surface area (Å²) in [7, 11) is 0. The Morgan fingerprint density at radius 1 is 1.24 bits per heavy atom. The minimum atomic E-state index is 0.0168. The average Bonchev–Trinajstić information content (AvgIpc) is 2.47. The van der Waals surface area contributed by atoms with Gasteiger partial charge in [0.1, 0.15) is 0 Å². The molecule has 6 nitrogen and oxygen atoms in total. The normalized spacial score (nSPS) is 11.5. The molecule has 0 spiro atoms. The summed E-state index contributed by atoms with van der Waals surface area (Å²) in [6.45, 7) is 5.76. The maximum absolute atomic E-state index is 8.76. The third kappa shape index (κ3) is 3.47. The van der Waals surface area contributed by atoms with E-state index in [-0.39, 0.29) is 5.84 Å². The van der Waals surface area contributed by atoms with Crippen LogP contribution in [0, 0.1) is 13.8 Å². The number of amidine groups is 1. The minimum Gasteiger partial charge on any atom is -0.437 e. The zero-order valence-corrected chi connectivity index (χ0v) is 12.3. The molecule has 0 unspecified atom stereocenters. The fraction of sp³-hybridized carbons (Fsp3) is 0.267. The van der Waals surface area contributed by atoms with Gasteiger partial charge in [-0.05, 0) is 38.5 Å². The Labute approximate surface area is 123 Å². The van der Waals surface area contributed by atoms with Gasteiger partial charge in [-0.2, -0.15) is 0 Å². The molecule has 0 bridgehead atoms. The van der Waals surface area contributed by atoms with Gasteiger partial charge in [0.05, 0.1) is 5.69 Å². The largest absolute Gasteiger partial charge is 0.437 e. The quantitative estimate of drug-likeness (QED) is 0.390. The van der Waals surface area contributed by atoms with Crippen LogP contribution in [-0.4, -0.2) is 21.0 Å². The van der Waals surface area contributed by atoms with Crippen molar-refractivity contribution in [3.05, 3.63) is 46.9 Å². The molecule has 6 heteroatoms. The Balaban J connectivity index is 2.38. The van der Waals surface area contributed by atoms with Crippen LogP contribution in [-0.2, 0) is 6.42 Å². The molecule has 0 radical (unpaired) electrons. The highest BCUT2D eigenvalue weighted by molar-refractivity contribution is 5.97. The molecule has 2 heterocycles. The van der Waals surface area contributed by atoms with Crippen molar-refractivity contribution in [2.45, 2.75) is 27.2 Å². The second-order valence-electron chi connectivity index (χ2n) is 4.67. The van der Waals surface area contributed by atoms with E-state index in [9.17, 15) is 0 Å². The first-order chi connectivity index (χ1) is 10.0. The van der Waals surface area contributed by atoms with E-state index < -0.39 is 0 Å². The molecule has 0 saturated carbocycles. The number of aromatic nitrogens is 2. The van der Waals surface area contributed by atoms with E-state index in [0.29, 0.717) is 22.9 Å². The van der Waals surface area contributed by atoms with Gasteiger partial charge in [-0.1, -0.05) is 12.1 Å². The van der Waals surface area contributed by atoms with Gasteiger partial charge >= 0.3 is 0 Å². The highest BCUT2D eigenvalue weighted by Gasteiger charge is 2.09. The number of oxime groups is 1. The van der Waals surface area contributed by atoms with Crippen LogP contribution in [0.15, 0.2) is 29.4 Å². The third-order valence-corrected chi connectivity index (χ3v) is 2.95. The molecule has 0 atom stereocenters. The van der Waals surface area contributed by atoms with Crippen LogP contribution in [0.25, 0.3) is 0 Å². The van der Waals surface area contributed by atoms with E-state index in [2.05, 4.69) is 15.1 Å². The second kappa shape index (κ2) is 6.21. The lowest BCUT2D eigenvalue weighted by molar-refractivity contribution is 0.318. The molecule has 0 aliphatic carbocycles. The highest BCUT2D eigenvalue weighted by atomic mass is 16.5. The number of hydrogen-bond donors (Lipinski definition) is 2. The first-order valence-electron chi connectivity index (χ1n) is 6.64. The Kier molecular flexibility index (Phi) is 4.37. The lowest BCUT2D eigenvalue weighted by Crippen LogP contribution is -2.13. The Bertz CT molecular complexity index is 683. The summed E-state index contributed by atoms with van der Waals surface area (Å²) in [4.78, 5) is 8.74. The summed E-state index contributed by atoms with van der Waals surface area (Å²) in [6.07, 6.45) is 0.760. The maximum atomic E-state index is 8.76. The van der Waals surface area contributed by atoms with Crippen molar-refractivity contribution in [3.63, 3.8) is 0 Å². The highest BCUT2D eigenvalue weighted by Crippen LogP contribution is 2.24. The van der Waals surface area contributed by atoms with E-state index in [1.54, 1.807) is 12.1 Å².